The highest BCUT2D eigenvalue weighted by Gasteiger charge is 2.09. The van der Waals surface area contributed by atoms with Gasteiger partial charge in [-0.3, -0.25) is 4.79 Å². The molecule has 1 N–H and O–H groups in total. The van der Waals surface area contributed by atoms with Crippen LogP contribution < -0.4 is 5.32 Å². The summed E-state index contributed by atoms with van der Waals surface area (Å²) < 4.78 is 0. The topological polar surface area (TPSA) is 29.1 Å². The maximum Gasteiger partial charge on any atom is 0.234 e. The molecule has 0 bridgehead atoms. The first kappa shape index (κ1) is 15.6. The molecule has 0 aliphatic heterocycles. The zero-order valence-electron chi connectivity index (χ0n) is 12.5. The van der Waals surface area contributed by atoms with Crippen molar-refractivity contribution < 1.29 is 4.79 Å². The molecule has 0 saturated carbocycles. The van der Waals surface area contributed by atoms with Gasteiger partial charge in [0.1, 0.15) is 0 Å². The summed E-state index contributed by atoms with van der Waals surface area (Å²) in [4.78, 5) is 12.0. The van der Waals surface area contributed by atoms with Crippen LogP contribution in [-0.2, 0) is 11.2 Å². The van der Waals surface area contributed by atoms with Crippen LogP contribution in [0.3, 0.4) is 0 Å². The molecule has 0 aliphatic carbocycles. The van der Waals surface area contributed by atoms with Crippen molar-refractivity contribution in [1.82, 2.24) is 0 Å². The van der Waals surface area contributed by atoms with E-state index in [1.54, 1.807) is 11.8 Å². The third-order valence-corrected chi connectivity index (χ3v) is 4.55. The second-order valence-electron chi connectivity index (χ2n) is 4.97. The fraction of sp³-hybridized carbons (Fsp3) is 0.278. The Kier molecular flexibility index (Phi) is 5.88. The van der Waals surface area contributed by atoms with Gasteiger partial charge in [-0.05, 0) is 36.6 Å². The van der Waals surface area contributed by atoms with E-state index in [1.165, 1.54) is 11.1 Å². The fourth-order valence-corrected chi connectivity index (χ4v) is 2.91. The highest BCUT2D eigenvalue weighted by Crippen LogP contribution is 2.27. The Morgan fingerprint density at radius 2 is 1.90 bits per heavy atom. The molecule has 21 heavy (non-hydrogen) atoms. The van der Waals surface area contributed by atoms with Crippen LogP contribution in [0.1, 0.15) is 30.2 Å². The second kappa shape index (κ2) is 7.89. The van der Waals surface area contributed by atoms with Gasteiger partial charge in [0, 0.05) is 10.9 Å². The van der Waals surface area contributed by atoms with E-state index in [1.807, 2.05) is 36.4 Å². The van der Waals surface area contributed by atoms with Crippen molar-refractivity contribution in [2.75, 3.05) is 11.1 Å². The summed E-state index contributed by atoms with van der Waals surface area (Å²) in [6.07, 6.45) is 0.976. The van der Waals surface area contributed by atoms with Gasteiger partial charge in [0.15, 0.2) is 0 Å². The number of carbonyl (C=O) groups is 1. The first-order valence-electron chi connectivity index (χ1n) is 7.24. The summed E-state index contributed by atoms with van der Waals surface area (Å²) in [6, 6.07) is 18.3. The summed E-state index contributed by atoms with van der Waals surface area (Å²) in [7, 11) is 0. The number of amides is 1. The van der Waals surface area contributed by atoms with Gasteiger partial charge in [-0.15, -0.1) is 11.8 Å². The molecule has 0 spiro atoms. The molecule has 2 nitrogen and oxygen atoms in total. The van der Waals surface area contributed by atoms with E-state index in [2.05, 4.69) is 37.4 Å². The second-order valence-corrected chi connectivity index (χ2v) is 6.30. The van der Waals surface area contributed by atoms with Crippen molar-refractivity contribution >= 4 is 23.4 Å². The Hall–Kier alpha value is -1.74. The smallest absolute Gasteiger partial charge is 0.234 e. The van der Waals surface area contributed by atoms with Crippen molar-refractivity contribution in [3.63, 3.8) is 0 Å². The Labute approximate surface area is 131 Å². The predicted molar refractivity (Wildman–Crippen MR) is 91.8 cm³/mol. The molecule has 3 heteroatoms. The lowest BCUT2D eigenvalue weighted by molar-refractivity contribution is -0.113. The molecule has 1 amide bonds. The number of nitrogens with one attached hydrogen (secondary N) is 1. The van der Waals surface area contributed by atoms with Gasteiger partial charge in [-0.1, -0.05) is 49.4 Å². The maximum atomic E-state index is 12.0. The molecule has 2 aromatic carbocycles. The van der Waals surface area contributed by atoms with Gasteiger partial charge in [-0.2, -0.15) is 0 Å². The van der Waals surface area contributed by atoms with E-state index in [9.17, 15) is 4.79 Å². The lowest BCUT2D eigenvalue weighted by Gasteiger charge is -2.12. The Balaban J connectivity index is 1.84. The van der Waals surface area contributed by atoms with Crippen LogP contribution in [0.5, 0.6) is 0 Å². The molecule has 110 valence electrons. The highest BCUT2D eigenvalue weighted by molar-refractivity contribution is 8.00. The molecular formula is C18H21NOS. The molecule has 0 saturated heterocycles. The number of aryl methyl sites for hydroxylation is 1. The van der Waals surface area contributed by atoms with Crippen molar-refractivity contribution in [2.24, 2.45) is 0 Å². The Bertz CT molecular complexity index is 583. The quantitative estimate of drug-likeness (QED) is 0.839. The van der Waals surface area contributed by atoms with Crippen molar-refractivity contribution in [2.45, 2.75) is 25.5 Å². The minimum atomic E-state index is 0.0519. The summed E-state index contributed by atoms with van der Waals surface area (Å²) >= 11 is 1.65. The van der Waals surface area contributed by atoms with Gasteiger partial charge in [0.25, 0.3) is 0 Å². The molecular weight excluding hydrogens is 278 g/mol. The van der Waals surface area contributed by atoms with Gasteiger partial charge in [-0.25, -0.2) is 0 Å². The normalized spacial score (nSPS) is 11.9. The number of hydrogen-bond donors (Lipinski definition) is 1. The van der Waals surface area contributed by atoms with Crippen LogP contribution in [0.15, 0.2) is 54.6 Å². The third-order valence-electron chi connectivity index (χ3n) is 3.35. The van der Waals surface area contributed by atoms with Crippen LogP contribution in [-0.4, -0.2) is 11.7 Å². The van der Waals surface area contributed by atoms with E-state index in [-0.39, 0.29) is 5.91 Å². The minimum absolute atomic E-state index is 0.0519. The SMILES string of the molecule is CCc1cccc(NC(=O)CS[C@@H](C)c2ccccc2)c1. The molecule has 0 aliphatic rings. The molecule has 2 aromatic rings. The number of carbonyl (C=O) groups excluding carboxylic acids is 1. The van der Waals surface area contributed by atoms with Crippen LogP contribution in [0.25, 0.3) is 0 Å². The molecule has 0 heterocycles. The molecule has 0 unspecified atom stereocenters. The van der Waals surface area contributed by atoms with Gasteiger partial charge >= 0.3 is 0 Å². The number of anilines is 1. The van der Waals surface area contributed by atoms with Crippen molar-refractivity contribution in [3.05, 3.63) is 65.7 Å². The summed E-state index contributed by atoms with van der Waals surface area (Å²) in [6.45, 7) is 4.24. The molecule has 2 rings (SSSR count). The standard InChI is InChI=1S/C18H21NOS/c1-3-15-8-7-11-17(12-15)19-18(20)13-21-14(2)16-9-5-4-6-10-16/h4-12,14H,3,13H2,1-2H3,(H,19,20)/t14-/m0/s1. The fourth-order valence-electron chi connectivity index (χ4n) is 2.09. The average molecular weight is 299 g/mol. The summed E-state index contributed by atoms with van der Waals surface area (Å²) in [5.41, 5.74) is 3.37. The lowest BCUT2D eigenvalue weighted by Crippen LogP contribution is -2.14. The van der Waals surface area contributed by atoms with E-state index in [0.717, 1.165) is 12.1 Å². The van der Waals surface area contributed by atoms with Gasteiger partial charge in [0.2, 0.25) is 5.91 Å². The molecule has 1 atom stereocenters. The predicted octanol–water partition coefficient (Wildman–Crippen LogP) is 4.68. The van der Waals surface area contributed by atoms with Crippen LogP contribution in [0, 0.1) is 0 Å². The van der Waals surface area contributed by atoms with E-state index < -0.39 is 0 Å². The number of thioether (sulfide) groups is 1. The first-order chi connectivity index (χ1) is 10.2. The number of hydrogen-bond acceptors (Lipinski definition) is 2. The summed E-state index contributed by atoms with van der Waals surface area (Å²) in [5.74, 6) is 0.517. The molecule has 0 fully saturated rings. The monoisotopic (exact) mass is 299 g/mol. The largest absolute Gasteiger partial charge is 0.325 e. The first-order valence-corrected chi connectivity index (χ1v) is 8.29. The van der Waals surface area contributed by atoms with Gasteiger partial charge in [0.05, 0.1) is 5.75 Å². The third kappa shape index (κ3) is 4.94. The summed E-state index contributed by atoms with van der Waals surface area (Å²) in [5, 5.41) is 3.28. The lowest BCUT2D eigenvalue weighted by atomic mass is 10.1. The van der Waals surface area contributed by atoms with Crippen LogP contribution in [0.4, 0.5) is 5.69 Å². The number of rotatable bonds is 6. The molecule has 0 radical (unpaired) electrons. The number of benzene rings is 2. The maximum absolute atomic E-state index is 12.0. The minimum Gasteiger partial charge on any atom is -0.325 e. The van der Waals surface area contributed by atoms with Crippen molar-refractivity contribution in [3.8, 4) is 0 Å². The zero-order valence-corrected chi connectivity index (χ0v) is 13.3. The van der Waals surface area contributed by atoms with Crippen LogP contribution >= 0.6 is 11.8 Å². The Morgan fingerprint density at radius 3 is 2.62 bits per heavy atom. The Morgan fingerprint density at radius 1 is 1.14 bits per heavy atom. The van der Waals surface area contributed by atoms with Crippen molar-refractivity contribution in [1.29, 1.82) is 0 Å². The van der Waals surface area contributed by atoms with E-state index in [0.29, 0.717) is 11.0 Å². The van der Waals surface area contributed by atoms with Gasteiger partial charge < -0.3 is 5.32 Å². The zero-order chi connectivity index (χ0) is 15.1. The van der Waals surface area contributed by atoms with Crippen LogP contribution in [0.2, 0.25) is 0 Å². The average Bonchev–Trinajstić information content (AvgIpc) is 2.53. The van der Waals surface area contributed by atoms with E-state index >= 15 is 0 Å². The van der Waals surface area contributed by atoms with E-state index in [4.69, 9.17) is 0 Å². The highest BCUT2D eigenvalue weighted by atomic mass is 32.2. The molecule has 0 aromatic heterocycles.